The first-order valence-electron chi connectivity index (χ1n) is 12.3. The Morgan fingerprint density at radius 3 is 0.857 bits per heavy atom. The molecule has 0 aliphatic rings. The molecular weight excluding hydrogens is 956 g/mol. The maximum Gasteiger partial charge on any atom is 0.268 e. The number of aliphatic hydroxyl groups is 1. The van der Waals surface area contributed by atoms with E-state index in [9.17, 15) is 56.8 Å². The minimum Gasteiger partial charge on any atom is -0.756 e. The van der Waals surface area contributed by atoms with Crippen LogP contribution in [0.3, 0.4) is 0 Å². The minimum absolute atomic E-state index is 0. The topological polar surface area (TPSA) is 383 Å². The Bertz CT molecular complexity index is 1190. The summed E-state index contributed by atoms with van der Waals surface area (Å²) >= 11 is 0. The molecule has 0 aliphatic carbocycles. The molecule has 0 aromatic heterocycles. The van der Waals surface area contributed by atoms with Crippen molar-refractivity contribution in [3.8, 4) is 0 Å². The van der Waals surface area contributed by atoms with Gasteiger partial charge in [-0.2, -0.15) is 0 Å². The Labute approximate surface area is 331 Å². The van der Waals surface area contributed by atoms with E-state index in [0.29, 0.717) is 0 Å². The van der Waals surface area contributed by atoms with Crippen molar-refractivity contribution in [2.75, 3.05) is 79.3 Å². The van der Waals surface area contributed by atoms with Crippen molar-refractivity contribution in [2.24, 2.45) is 11.8 Å². The number of phosphoric ester groups is 6. The number of rotatable bonds is 30. The summed E-state index contributed by atoms with van der Waals surface area (Å²) in [5.74, 6) is -1.84. The number of aliphatic hydroxyl groups excluding tert-OH is 1. The monoisotopic (exact) mass is 988 g/mol. The van der Waals surface area contributed by atoms with Crippen LogP contribution in [-0.2, 0) is 143 Å². The van der Waals surface area contributed by atoms with Gasteiger partial charge in [-0.05, 0) is 0 Å². The van der Waals surface area contributed by atoms with E-state index in [0.717, 1.165) is 0 Å². The zero-order chi connectivity index (χ0) is 36.4. The van der Waals surface area contributed by atoms with Crippen LogP contribution in [0.1, 0.15) is 0 Å². The van der Waals surface area contributed by atoms with Crippen LogP contribution in [0.25, 0.3) is 0 Å². The van der Waals surface area contributed by atoms with Gasteiger partial charge in [0.1, 0.15) is 0 Å². The van der Waals surface area contributed by atoms with Gasteiger partial charge in [-0.3, -0.25) is 27.4 Å². The molecule has 0 aliphatic heterocycles. The molecule has 0 saturated heterocycles. The van der Waals surface area contributed by atoms with E-state index < -0.39 is 138 Å². The van der Waals surface area contributed by atoms with Gasteiger partial charge in [-0.25, -0.2) is 0 Å². The van der Waals surface area contributed by atoms with Gasteiger partial charge in [-0.1, -0.05) is 0 Å². The molecule has 0 amide bonds. The summed E-state index contributed by atoms with van der Waals surface area (Å²) in [6.07, 6.45) is 0. The van der Waals surface area contributed by atoms with E-state index in [4.69, 9.17) is 10.00 Å². The van der Waals surface area contributed by atoms with Gasteiger partial charge >= 0.3 is 0 Å². The molecular formula is C16H32O25P6Y2-8. The molecule has 0 aromatic rings. The largest absolute Gasteiger partial charge is 0.756 e. The van der Waals surface area contributed by atoms with Crippen LogP contribution in [-0.4, -0.2) is 89.3 Å². The molecule has 0 rings (SSSR count). The predicted octanol–water partition coefficient (Wildman–Crippen LogP) is -3.14. The smallest absolute Gasteiger partial charge is 0.268 e. The normalized spacial score (nSPS) is 20.4. The molecule has 33 heteroatoms. The van der Waals surface area contributed by atoms with E-state index in [1.807, 2.05) is 0 Å². The molecule has 2 N–H and O–H groups in total. The van der Waals surface area contributed by atoms with Gasteiger partial charge in [0.15, 0.2) is 0 Å². The van der Waals surface area contributed by atoms with Crippen molar-refractivity contribution in [3.05, 3.63) is 13.8 Å². The summed E-state index contributed by atoms with van der Waals surface area (Å²) in [6.45, 7) is -2.97. The molecule has 25 nitrogen and oxygen atoms in total. The van der Waals surface area contributed by atoms with Crippen LogP contribution < -0.4 is 29.4 Å². The molecule has 8 atom stereocenters. The Hall–Kier alpha value is 2.83. The molecule has 0 saturated carbocycles. The van der Waals surface area contributed by atoms with E-state index in [1.165, 1.54) is 0 Å². The van der Waals surface area contributed by atoms with Gasteiger partial charge < -0.3 is 103 Å². The first-order valence-corrected chi connectivity index (χ1v) is 21.1. The van der Waals surface area contributed by atoms with Crippen molar-refractivity contribution in [2.45, 2.75) is 0 Å². The molecule has 290 valence electrons. The second kappa shape index (κ2) is 27.4. The predicted molar refractivity (Wildman–Crippen MR) is 138 cm³/mol. The fraction of sp³-hybridized carbons (Fsp3) is 0.875. The zero-order valence-electron chi connectivity index (χ0n) is 25.2. The fourth-order valence-electron chi connectivity index (χ4n) is 2.07. The van der Waals surface area contributed by atoms with Crippen LogP contribution in [0, 0.1) is 25.7 Å². The molecule has 2 radical (unpaired) electrons. The average Bonchev–Trinajstić information content (AvgIpc) is 2.94. The Balaban J connectivity index is -0.0000106. The number of hydrogen-bond donors (Lipinski definition) is 2. The van der Waals surface area contributed by atoms with Crippen molar-refractivity contribution < 1.29 is 182 Å². The van der Waals surface area contributed by atoms with Gasteiger partial charge in [0, 0.05) is 91.8 Å². The molecule has 8 unspecified atom stereocenters. The average molecular weight is 988 g/mol. The summed E-state index contributed by atoms with van der Waals surface area (Å²) in [6, 6.07) is 0. The van der Waals surface area contributed by atoms with Gasteiger partial charge in [0.2, 0.25) is 0 Å². The minimum atomic E-state index is -5.14. The van der Waals surface area contributed by atoms with E-state index in [2.05, 4.69) is 63.6 Å². The third-order valence-electron chi connectivity index (χ3n) is 4.00. The fourth-order valence-corrected chi connectivity index (χ4v) is 6.02. The Morgan fingerprint density at radius 2 is 0.633 bits per heavy atom. The van der Waals surface area contributed by atoms with E-state index in [1.54, 1.807) is 0 Å². The van der Waals surface area contributed by atoms with Crippen LogP contribution in [0.5, 0.6) is 0 Å². The summed E-state index contributed by atoms with van der Waals surface area (Å²) in [7, 11) is -30.3. The van der Waals surface area contributed by atoms with E-state index >= 15 is 0 Å². The third-order valence-corrected chi connectivity index (χ3v) is 9.39. The summed E-state index contributed by atoms with van der Waals surface area (Å²) in [5, 5.41) is 8.75. The van der Waals surface area contributed by atoms with Crippen LogP contribution in [0.15, 0.2) is 0 Å². The standard InChI is InChI=1S/C16H38O25P6.2Y/c1-15(11-17)12-40-46(27,28)37-9-7-35-44(23,24)33-5-3-31-43(21,22)32-4-6-34-45(25,26)36-8-10-38-47(29,30)41-14-16(2)13-39-42(18,19)20;;/h15-17H,1-14H2,(H,21,22)(H,23,24)(H,25,26)(H,27,28)(H,29,30)(H2,18,19,20);;/q-2;;/p-6. The molecule has 49 heavy (non-hydrogen) atoms. The second-order valence-corrected chi connectivity index (χ2v) is 16.4. The van der Waals surface area contributed by atoms with Crippen molar-refractivity contribution in [1.29, 1.82) is 0 Å². The maximum absolute atomic E-state index is 11.7. The van der Waals surface area contributed by atoms with Crippen LogP contribution in [0.4, 0.5) is 0 Å². The molecule has 0 aromatic carbocycles. The summed E-state index contributed by atoms with van der Waals surface area (Å²) in [5.41, 5.74) is 0. The molecule has 0 heterocycles. The molecule has 0 fully saturated rings. The quantitative estimate of drug-likeness (QED) is 0.0408. The zero-order valence-corrected chi connectivity index (χ0v) is 36.2. The molecule has 0 bridgehead atoms. The van der Waals surface area contributed by atoms with Crippen molar-refractivity contribution >= 4 is 46.9 Å². The van der Waals surface area contributed by atoms with Gasteiger partial charge in [0.25, 0.3) is 46.9 Å². The third kappa shape index (κ3) is 35.0. The summed E-state index contributed by atoms with van der Waals surface area (Å²) < 4.78 is 115. The first kappa shape index (κ1) is 56.2. The van der Waals surface area contributed by atoms with Crippen LogP contribution >= 0.6 is 46.9 Å². The first-order chi connectivity index (χ1) is 21.4. The number of hydrogen-bond acceptors (Lipinski definition) is 24. The Morgan fingerprint density at radius 1 is 0.429 bits per heavy atom. The van der Waals surface area contributed by atoms with Crippen molar-refractivity contribution in [3.63, 3.8) is 0 Å². The van der Waals surface area contributed by atoms with Crippen molar-refractivity contribution in [1.82, 2.24) is 0 Å². The SMILES string of the molecule is [CH2-]C(CO)COP(=O)([O-])OCCOP(=O)([O-])OCCOP(=O)([O-])OCCOP(=O)([O-])OCCOP(=O)([O-])OCC([CH2-])COP(=O)([O-])O.[Y].[Y]. The second-order valence-electron chi connectivity index (χ2n) is 8.17. The number of phosphoric acid groups is 6. The maximum atomic E-state index is 11.7. The van der Waals surface area contributed by atoms with E-state index in [-0.39, 0.29) is 65.4 Å². The van der Waals surface area contributed by atoms with Gasteiger partial charge in [0.05, 0.1) is 52.9 Å². The molecule has 0 spiro atoms. The van der Waals surface area contributed by atoms with Crippen LogP contribution in [0.2, 0.25) is 0 Å². The summed E-state index contributed by atoms with van der Waals surface area (Å²) in [4.78, 5) is 76.9. The van der Waals surface area contributed by atoms with Gasteiger partial charge in [-0.15, -0.1) is 11.8 Å². The Kier molecular flexibility index (Phi) is 31.4.